The van der Waals surface area contributed by atoms with Gasteiger partial charge in [0.05, 0.1) is 6.61 Å². The fraction of sp³-hybridized carbons (Fsp3) is 0.692. The van der Waals surface area contributed by atoms with Gasteiger partial charge in [-0.15, -0.1) is 0 Å². The largest absolute Gasteiger partial charge is 0.478 e. The summed E-state index contributed by atoms with van der Waals surface area (Å²) in [5.41, 5.74) is 0.355. The molecule has 5 heteroatoms. The molecule has 0 fully saturated rings. The SMILES string of the molecule is CCCCNC(=O)OCCCCC=C(C)C(=O)O. The molecule has 0 aliphatic heterocycles. The summed E-state index contributed by atoms with van der Waals surface area (Å²) in [6.07, 6.45) is 5.55. The number of aliphatic carboxylic acids is 1. The number of hydrogen-bond donors (Lipinski definition) is 2. The third-order valence-electron chi connectivity index (χ3n) is 2.42. The quantitative estimate of drug-likeness (QED) is 0.492. The molecule has 18 heavy (non-hydrogen) atoms. The van der Waals surface area contributed by atoms with Crippen LogP contribution in [0.1, 0.15) is 46.0 Å². The van der Waals surface area contributed by atoms with E-state index < -0.39 is 5.97 Å². The number of rotatable bonds is 9. The zero-order chi connectivity index (χ0) is 13.8. The molecular formula is C13H23NO4. The van der Waals surface area contributed by atoms with E-state index in [1.807, 2.05) is 0 Å². The second-order valence-corrected chi connectivity index (χ2v) is 4.10. The summed E-state index contributed by atoms with van der Waals surface area (Å²) < 4.78 is 4.96. The van der Waals surface area contributed by atoms with Gasteiger partial charge in [-0.1, -0.05) is 19.4 Å². The van der Waals surface area contributed by atoms with Crippen LogP contribution in [0, 0.1) is 0 Å². The van der Waals surface area contributed by atoms with Gasteiger partial charge in [0.25, 0.3) is 0 Å². The first-order chi connectivity index (χ1) is 8.57. The lowest BCUT2D eigenvalue weighted by Gasteiger charge is -2.05. The predicted octanol–water partition coefficient (Wildman–Crippen LogP) is 2.71. The molecule has 0 bridgehead atoms. The van der Waals surface area contributed by atoms with E-state index in [-0.39, 0.29) is 6.09 Å². The Balaban J connectivity index is 3.43. The van der Waals surface area contributed by atoms with Crippen molar-refractivity contribution in [3.63, 3.8) is 0 Å². The predicted molar refractivity (Wildman–Crippen MR) is 69.5 cm³/mol. The Hall–Kier alpha value is -1.52. The van der Waals surface area contributed by atoms with Gasteiger partial charge in [-0.05, 0) is 32.6 Å². The molecule has 5 nitrogen and oxygen atoms in total. The fourth-order valence-corrected chi connectivity index (χ4v) is 1.24. The minimum Gasteiger partial charge on any atom is -0.478 e. The van der Waals surface area contributed by atoms with Crippen molar-refractivity contribution >= 4 is 12.1 Å². The van der Waals surface area contributed by atoms with Crippen molar-refractivity contribution in [2.75, 3.05) is 13.2 Å². The monoisotopic (exact) mass is 257 g/mol. The maximum atomic E-state index is 11.1. The van der Waals surface area contributed by atoms with E-state index in [1.54, 1.807) is 13.0 Å². The minimum absolute atomic E-state index is 0.355. The Morgan fingerprint density at radius 1 is 1.28 bits per heavy atom. The van der Waals surface area contributed by atoms with Crippen molar-refractivity contribution in [2.45, 2.75) is 46.0 Å². The molecule has 0 spiro atoms. The molecule has 0 aliphatic rings. The molecule has 104 valence electrons. The van der Waals surface area contributed by atoms with Gasteiger partial charge < -0.3 is 15.2 Å². The van der Waals surface area contributed by atoms with Crippen molar-refractivity contribution in [2.24, 2.45) is 0 Å². The zero-order valence-corrected chi connectivity index (χ0v) is 11.2. The summed E-state index contributed by atoms with van der Waals surface area (Å²) in [7, 11) is 0. The molecule has 0 atom stereocenters. The van der Waals surface area contributed by atoms with E-state index in [0.29, 0.717) is 25.1 Å². The van der Waals surface area contributed by atoms with Crippen LogP contribution in [0.5, 0.6) is 0 Å². The maximum absolute atomic E-state index is 11.1. The number of unbranched alkanes of at least 4 members (excludes halogenated alkanes) is 3. The number of carboxylic acid groups (broad SMARTS) is 1. The van der Waals surface area contributed by atoms with Crippen molar-refractivity contribution in [1.82, 2.24) is 5.32 Å². The number of allylic oxidation sites excluding steroid dienone is 1. The Morgan fingerprint density at radius 2 is 2.00 bits per heavy atom. The van der Waals surface area contributed by atoms with Crippen LogP contribution in [0.25, 0.3) is 0 Å². The van der Waals surface area contributed by atoms with Crippen molar-refractivity contribution < 1.29 is 19.4 Å². The lowest BCUT2D eigenvalue weighted by molar-refractivity contribution is -0.132. The highest BCUT2D eigenvalue weighted by molar-refractivity contribution is 5.85. The van der Waals surface area contributed by atoms with Gasteiger partial charge in [-0.3, -0.25) is 0 Å². The maximum Gasteiger partial charge on any atom is 0.407 e. The number of amides is 1. The van der Waals surface area contributed by atoms with Crippen molar-refractivity contribution in [1.29, 1.82) is 0 Å². The molecular weight excluding hydrogens is 234 g/mol. The van der Waals surface area contributed by atoms with Gasteiger partial charge in [0.1, 0.15) is 0 Å². The molecule has 0 saturated carbocycles. The van der Waals surface area contributed by atoms with E-state index >= 15 is 0 Å². The Morgan fingerprint density at radius 3 is 2.61 bits per heavy atom. The average Bonchev–Trinajstić information content (AvgIpc) is 2.33. The number of ether oxygens (including phenoxy) is 1. The smallest absolute Gasteiger partial charge is 0.407 e. The molecule has 0 aliphatic carbocycles. The normalized spacial score (nSPS) is 11.1. The molecule has 0 radical (unpaired) electrons. The Kier molecular flexibility index (Phi) is 9.73. The molecule has 0 unspecified atom stereocenters. The summed E-state index contributed by atoms with van der Waals surface area (Å²) in [6, 6.07) is 0. The number of alkyl carbamates (subject to hydrolysis) is 1. The first-order valence-electron chi connectivity index (χ1n) is 6.38. The highest BCUT2D eigenvalue weighted by Gasteiger charge is 2.00. The van der Waals surface area contributed by atoms with Gasteiger partial charge in [-0.2, -0.15) is 0 Å². The molecule has 0 saturated heterocycles. The number of nitrogens with one attached hydrogen (secondary N) is 1. The Bertz CT molecular complexity index is 287. The van der Waals surface area contributed by atoms with Crippen LogP contribution in [0.15, 0.2) is 11.6 Å². The molecule has 0 rings (SSSR count). The van der Waals surface area contributed by atoms with E-state index in [2.05, 4.69) is 12.2 Å². The van der Waals surface area contributed by atoms with Crippen LogP contribution in [-0.2, 0) is 9.53 Å². The number of carboxylic acids is 1. The third kappa shape index (κ3) is 9.69. The van der Waals surface area contributed by atoms with Crippen LogP contribution in [-0.4, -0.2) is 30.3 Å². The van der Waals surface area contributed by atoms with Gasteiger partial charge in [0, 0.05) is 12.1 Å². The second-order valence-electron chi connectivity index (χ2n) is 4.10. The van der Waals surface area contributed by atoms with Crippen LogP contribution >= 0.6 is 0 Å². The number of hydrogen-bond acceptors (Lipinski definition) is 3. The van der Waals surface area contributed by atoms with Gasteiger partial charge in [0.2, 0.25) is 0 Å². The highest BCUT2D eigenvalue weighted by Crippen LogP contribution is 2.01. The number of carbonyl (C=O) groups is 2. The summed E-state index contributed by atoms with van der Waals surface area (Å²) >= 11 is 0. The molecule has 0 heterocycles. The second kappa shape index (κ2) is 10.6. The molecule has 0 aromatic heterocycles. The van der Waals surface area contributed by atoms with Crippen molar-refractivity contribution in [3.05, 3.63) is 11.6 Å². The fourth-order valence-electron chi connectivity index (χ4n) is 1.24. The first kappa shape index (κ1) is 16.5. The van der Waals surface area contributed by atoms with Gasteiger partial charge in [0.15, 0.2) is 0 Å². The summed E-state index contributed by atoms with van der Waals surface area (Å²) in [4.78, 5) is 21.6. The minimum atomic E-state index is -0.887. The highest BCUT2D eigenvalue weighted by atomic mass is 16.5. The lowest BCUT2D eigenvalue weighted by Crippen LogP contribution is -2.25. The van der Waals surface area contributed by atoms with Crippen LogP contribution in [0.4, 0.5) is 4.79 Å². The zero-order valence-electron chi connectivity index (χ0n) is 11.2. The molecule has 2 N–H and O–H groups in total. The van der Waals surface area contributed by atoms with E-state index in [4.69, 9.17) is 9.84 Å². The first-order valence-corrected chi connectivity index (χ1v) is 6.38. The van der Waals surface area contributed by atoms with Crippen LogP contribution in [0.3, 0.4) is 0 Å². The summed E-state index contributed by atoms with van der Waals surface area (Å²) in [6.45, 7) is 4.65. The van der Waals surface area contributed by atoms with E-state index in [9.17, 15) is 9.59 Å². The molecule has 0 aromatic rings. The molecule has 0 aromatic carbocycles. The standard InChI is InChI=1S/C13H23NO4/c1-3-4-9-14-13(17)18-10-7-5-6-8-11(2)12(15)16/h8H,3-7,9-10H2,1-2H3,(H,14,17)(H,15,16). The topological polar surface area (TPSA) is 75.6 Å². The average molecular weight is 257 g/mol. The van der Waals surface area contributed by atoms with Crippen molar-refractivity contribution in [3.8, 4) is 0 Å². The number of carbonyl (C=O) groups excluding carboxylic acids is 1. The van der Waals surface area contributed by atoms with E-state index in [0.717, 1.165) is 25.7 Å². The third-order valence-corrected chi connectivity index (χ3v) is 2.42. The summed E-state index contributed by atoms with van der Waals surface area (Å²) in [5.74, 6) is -0.887. The lowest BCUT2D eigenvalue weighted by atomic mass is 10.2. The van der Waals surface area contributed by atoms with Gasteiger partial charge in [-0.25, -0.2) is 9.59 Å². The van der Waals surface area contributed by atoms with E-state index in [1.165, 1.54) is 0 Å². The molecule has 1 amide bonds. The van der Waals surface area contributed by atoms with Gasteiger partial charge >= 0.3 is 12.1 Å². The Labute approximate surface area is 108 Å². The van der Waals surface area contributed by atoms with Crippen LogP contribution < -0.4 is 5.32 Å². The van der Waals surface area contributed by atoms with Crippen LogP contribution in [0.2, 0.25) is 0 Å². The summed E-state index contributed by atoms with van der Waals surface area (Å²) in [5, 5.41) is 11.3.